The molecule has 0 aliphatic carbocycles. The van der Waals surface area contributed by atoms with Crippen LogP contribution in [0.4, 0.5) is 10.1 Å². The Labute approximate surface area is 123 Å². The van der Waals surface area contributed by atoms with Gasteiger partial charge in [-0.25, -0.2) is 4.39 Å². The van der Waals surface area contributed by atoms with Gasteiger partial charge in [0.05, 0.1) is 11.1 Å². The van der Waals surface area contributed by atoms with Crippen molar-refractivity contribution in [3.05, 3.63) is 29.0 Å². The van der Waals surface area contributed by atoms with Crippen LogP contribution < -0.4 is 10.6 Å². The van der Waals surface area contributed by atoms with E-state index in [0.717, 1.165) is 32.2 Å². The zero-order valence-electron chi connectivity index (χ0n) is 11.6. The summed E-state index contributed by atoms with van der Waals surface area (Å²) in [5, 5.41) is 6.32. The van der Waals surface area contributed by atoms with Crippen LogP contribution >= 0.6 is 11.6 Å². The average Bonchev–Trinajstić information content (AvgIpc) is 2.43. The van der Waals surface area contributed by atoms with Gasteiger partial charge < -0.3 is 10.6 Å². The molecule has 0 radical (unpaired) electrons. The summed E-state index contributed by atoms with van der Waals surface area (Å²) >= 11 is 5.72. The number of hydrogen-bond acceptors (Lipinski definition) is 2. The summed E-state index contributed by atoms with van der Waals surface area (Å²) in [6, 6.07) is 4.29. The number of piperidine rings is 1. The van der Waals surface area contributed by atoms with E-state index in [1.165, 1.54) is 12.1 Å². The molecule has 3 nitrogen and oxygen atoms in total. The van der Waals surface area contributed by atoms with Gasteiger partial charge >= 0.3 is 0 Å². The highest BCUT2D eigenvalue weighted by molar-refractivity contribution is 6.30. The predicted octanol–water partition coefficient (Wildman–Crippen LogP) is 3.59. The maximum atomic E-state index is 13.8. The Morgan fingerprint density at radius 1 is 1.55 bits per heavy atom. The number of nitrogens with one attached hydrogen (secondary N) is 2. The molecule has 1 aromatic carbocycles. The van der Waals surface area contributed by atoms with Crippen molar-refractivity contribution in [3.63, 3.8) is 0 Å². The van der Waals surface area contributed by atoms with Gasteiger partial charge in [0.15, 0.2) is 0 Å². The van der Waals surface area contributed by atoms with Crippen LogP contribution in [-0.2, 0) is 4.79 Å². The van der Waals surface area contributed by atoms with E-state index in [-0.39, 0.29) is 11.6 Å². The summed E-state index contributed by atoms with van der Waals surface area (Å²) in [6.07, 6.45) is 3.55. The first-order valence-corrected chi connectivity index (χ1v) is 7.42. The van der Waals surface area contributed by atoms with Crippen LogP contribution in [-0.4, -0.2) is 19.0 Å². The smallest absolute Gasteiger partial charge is 0.231 e. The molecule has 1 aliphatic heterocycles. The number of halogens is 2. The summed E-state index contributed by atoms with van der Waals surface area (Å²) in [7, 11) is 0. The van der Waals surface area contributed by atoms with Crippen LogP contribution in [0.15, 0.2) is 18.2 Å². The third kappa shape index (κ3) is 3.30. The Balaban J connectivity index is 2.15. The van der Waals surface area contributed by atoms with Gasteiger partial charge in [-0.15, -0.1) is 0 Å². The molecule has 2 N–H and O–H groups in total. The molecular weight excluding hydrogens is 279 g/mol. The van der Waals surface area contributed by atoms with Crippen LogP contribution in [0.1, 0.15) is 32.6 Å². The second kappa shape index (κ2) is 6.55. The topological polar surface area (TPSA) is 41.1 Å². The van der Waals surface area contributed by atoms with Gasteiger partial charge in [-0.2, -0.15) is 0 Å². The first-order valence-electron chi connectivity index (χ1n) is 7.04. The van der Waals surface area contributed by atoms with Gasteiger partial charge in [0, 0.05) is 11.6 Å². The van der Waals surface area contributed by atoms with Gasteiger partial charge in [-0.1, -0.05) is 24.9 Å². The molecule has 0 aromatic heterocycles. The molecule has 1 atom stereocenters. The number of anilines is 1. The van der Waals surface area contributed by atoms with Gasteiger partial charge in [0.2, 0.25) is 5.91 Å². The van der Waals surface area contributed by atoms with Crippen molar-refractivity contribution in [2.24, 2.45) is 5.41 Å². The van der Waals surface area contributed by atoms with Crippen LogP contribution in [0.25, 0.3) is 0 Å². The maximum absolute atomic E-state index is 13.8. The van der Waals surface area contributed by atoms with E-state index in [0.29, 0.717) is 11.6 Å². The van der Waals surface area contributed by atoms with Crippen molar-refractivity contribution >= 4 is 23.2 Å². The fourth-order valence-electron chi connectivity index (χ4n) is 2.81. The third-order valence-electron chi connectivity index (χ3n) is 3.86. The number of amides is 1. The fourth-order valence-corrected chi connectivity index (χ4v) is 2.97. The van der Waals surface area contributed by atoms with E-state index in [4.69, 9.17) is 11.6 Å². The van der Waals surface area contributed by atoms with Crippen LogP contribution in [0.2, 0.25) is 5.02 Å². The Hall–Kier alpha value is -1.13. The molecule has 1 amide bonds. The molecule has 1 aliphatic rings. The highest BCUT2D eigenvalue weighted by Gasteiger charge is 2.38. The minimum Gasteiger partial charge on any atom is -0.323 e. The largest absolute Gasteiger partial charge is 0.323 e. The quantitative estimate of drug-likeness (QED) is 0.892. The molecule has 0 spiro atoms. The summed E-state index contributed by atoms with van der Waals surface area (Å²) < 4.78 is 13.8. The van der Waals surface area contributed by atoms with E-state index in [1.807, 2.05) is 0 Å². The summed E-state index contributed by atoms with van der Waals surface area (Å²) in [5.74, 6) is -0.603. The van der Waals surface area contributed by atoms with Crippen molar-refractivity contribution < 1.29 is 9.18 Å². The second-order valence-electron chi connectivity index (χ2n) is 5.39. The van der Waals surface area contributed by atoms with E-state index in [1.54, 1.807) is 6.07 Å². The van der Waals surface area contributed by atoms with Crippen LogP contribution in [0.3, 0.4) is 0 Å². The number of carbonyl (C=O) groups is 1. The summed E-state index contributed by atoms with van der Waals surface area (Å²) in [5.41, 5.74) is -0.237. The highest BCUT2D eigenvalue weighted by atomic mass is 35.5. The lowest BCUT2D eigenvalue weighted by atomic mass is 9.76. The molecule has 20 heavy (non-hydrogen) atoms. The Morgan fingerprint density at radius 2 is 2.35 bits per heavy atom. The number of hydrogen-bond donors (Lipinski definition) is 2. The molecule has 5 heteroatoms. The lowest BCUT2D eigenvalue weighted by Gasteiger charge is -2.36. The zero-order valence-corrected chi connectivity index (χ0v) is 12.4. The van der Waals surface area contributed by atoms with E-state index in [9.17, 15) is 9.18 Å². The molecule has 0 saturated carbocycles. The van der Waals surface area contributed by atoms with Gasteiger partial charge in [-0.05, 0) is 44.0 Å². The molecule has 1 heterocycles. The molecule has 1 fully saturated rings. The van der Waals surface area contributed by atoms with Gasteiger partial charge in [0.25, 0.3) is 0 Å². The van der Waals surface area contributed by atoms with Crippen molar-refractivity contribution in [3.8, 4) is 0 Å². The van der Waals surface area contributed by atoms with E-state index >= 15 is 0 Å². The zero-order chi connectivity index (χ0) is 14.6. The van der Waals surface area contributed by atoms with Gasteiger partial charge in [0.1, 0.15) is 5.82 Å². The molecule has 1 unspecified atom stereocenters. The van der Waals surface area contributed by atoms with Crippen molar-refractivity contribution in [1.82, 2.24) is 5.32 Å². The number of rotatable bonds is 4. The lowest BCUT2D eigenvalue weighted by molar-refractivity contribution is -0.127. The highest BCUT2D eigenvalue weighted by Crippen LogP contribution is 2.33. The normalized spacial score (nSPS) is 22.6. The summed E-state index contributed by atoms with van der Waals surface area (Å²) in [6.45, 7) is 3.66. The first kappa shape index (κ1) is 15.3. The minimum atomic E-state index is -0.499. The Morgan fingerprint density at radius 3 is 2.95 bits per heavy atom. The molecular formula is C15H20ClFN2O. The van der Waals surface area contributed by atoms with Crippen molar-refractivity contribution in [2.75, 3.05) is 18.4 Å². The average molecular weight is 299 g/mol. The first-order chi connectivity index (χ1) is 9.57. The molecule has 2 rings (SSSR count). The minimum absolute atomic E-state index is 0.104. The van der Waals surface area contributed by atoms with E-state index in [2.05, 4.69) is 17.6 Å². The number of carbonyl (C=O) groups excluding carboxylic acids is 1. The lowest BCUT2D eigenvalue weighted by Crippen LogP contribution is -2.48. The monoisotopic (exact) mass is 298 g/mol. The maximum Gasteiger partial charge on any atom is 0.231 e. The molecule has 1 saturated heterocycles. The SMILES string of the molecule is CCCC1(C(=O)Nc2ccc(Cl)cc2F)CCCNC1. The van der Waals surface area contributed by atoms with Gasteiger partial charge in [-0.3, -0.25) is 4.79 Å². The standard InChI is InChI=1S/C15H20ClFN2O/c1-2-6-15(7-3-8-18-10-15)14(20)19-13-5-4-11(16)9-12(13)17/h4-5,9,18H,2-3,6-8,10H2,1H3,(H,19,20). The number of benzene rings is 1. The van der Waals surface area contributed by atoms with Crippen LogP contribution in [0.5, 0.6) is 0 Å². The Kier molecular flexibility index (Phi) is 5.00. The molecule has 1 aromatic rings. The third-order valence-corrected chi connectivity index (χ3v) is 4.10. The second-order valence-corrected chi connectivity index (χ2v) is 5.83. The molecule has 0 bridgehead atoms. The van der Waals surface area contributed by atoms with Crippen molar-refractivity contribution in [1.29, 1.82) is 0 Å². The molecule has 110 valence electrons. The predicted molar refractivity (Wildman–Crippen MR) is 79.5 cm³/mol. The van der Waals surface area contributed by atoms with Crippen molar-refractivity contribution in [2.45, 2.75) is 32.6 Å². The van der Waals surface area contributed by atoms with Crippen LogP contribution in [0, 0.1) is 11.2 Å². The Bertz CT molecular complexity index is 481. The fraction of sp³-hybridized carbons (Fsp3) is 0.533. The van der Waals surface area contributed by atoms with E-state index < -0.39 is 11.2 Å². The summed E-state index contributed by atoms with van der Waals surface area (Å²) in [4.78, 5) is 12.6.